The highest BCUT2D eigenvalue weighted by Gasteiger charge is 2.08. The normalized spacial score (nSPS) is 11.9. The van der Waals surface area contributed by atoms with Crippen LogP contribution in [0.1, 0.15) is 37.3 Å². The van der Waals surface area contributed by atoms with Crippen LogP contribution in [0.5, 0.6) is 0 Å². The SMILES string of the molecule is CCN(CC)C(N)=NCCCc1c(C)noc1C. The van der Waals surface area contributed by atoms with Crippen molar-refractivity contribution in [1.82, 2.24) is 10.1 Å². The highest BCUT2D eigenvalue weighted by Crippen LogP contribution is 2.14. The van der Waals surface area contributed by atoms with Crippen LogP contribution < -0.4 is 5.73 Å². The lowest BCUT2D eigenvalue weighted by atomic mass is 10.1. The maximum absolute atomic E-state index is 5.90. The van der Waals surface area contributed by atoms with Crippen molar-refractivity contribution in [3.05, 3.63) is 17.0 Å². The zero-order valence-electron chi connectivity index (χ0n) is 11.9. The Hall–Kier alpha value is -1.52. The third-order valence-corrected chi connectivity index (χ3v) is 3.13. The molecule has 2 N–H and O–H groups in total. The molecule has 0 radical (unpaired) electrons. The first-order chi connectivity index (χ1) is 8.60. The lowest BCUT2D eigenvalue weighted by molar-refractivity contribution is 0.392. The van der Waals surface area contributed by atoms with Gasteiger partial charge in [0.1, 0.15) is 5.76 Å². The maximum Gasteiger partial charge on any atom is 0.191 e. The van der Waals surface area contributed by atoms with Crippen molar-refractivity contribution < 1.29 is 4.52 Å². The second-order valence-electron chi connectivity index (χ2n) is 4.32. The summed E-state index contributed by atoms with van der Waals surface area (Å²) in [6.07, 6.45) is 1.90. The van der Waals surface area contributed by atoms with Crippen LogP contribution in [0.15, 0.2) is 9.52 Å². The Morgan fingerprint density at radius 1 is 1.33 bits per heavy atom. The van der Waals surface area contributed by atoms with Gasteiger partial charge in [0, 0.05) is 25.2 Å². The van der Waals surface area contributed by atoms with E-state index in [9.17, 15) is 0 Å². The van der Waals surface area contributed by atoms with Crippen LogP contribution in [0.4, 0.5) is 0 Å². The van der Waals surface area contributed by atoms with Crippen molar-refractivity contribution in [3.63, 3.8) is 0 Å². The quantitative estimate of drug-likeness (QED) is 0.477. The number of hydrogen-bond acceptors (Lipinski definition) is 3. The predicted molar refractivity (Wildman–Crippen MR) is 73.7 cm³/mol. The number of aryl methyl sites for hydroxylation is 2. The molecule has 0 bridgehead atoms. The standard InChI is InChI=1S/C13H24N4O/c1-5-17(6-2)13(14)15-9-7-8-12-10(3)16-18-11(12)4/h5-9H2,1-4H3,(H2,14,15). The molecule has 0 spiro atoms. The van der Waals surface area contributed by atoms with E-state index in [1.54, 1.807) is 0 Å². The van der Waals surface area contributed by atoms with Crippen molar-refractivity contribution in [1.29, 1.82) is 0 Å². The number of guanidine groups is 1. The molecule has 0 unspecified atom stereocenters. The second kappa shape index (κ2) is 7.03. The lowest BCUT2D eigenvalue weighted by Gasteiger charge is -2.19. The fourth-order valence-electron chi connectivity index (χ4n) is 1.96. The van der Waals surface area contributed by atoms with E-state index in [4.69, 9.17) is 10.3 Å². The topological polar surface area (TPSA) is 67.7 Å². The molecule has 0 saturated carbocycles. The zero-order chi connectivity index (χ0) is 13.5. The van der Waals surface area contributed by atoms with E-state index in [2.05, 4.69) is 28.9 Å². The smallest absolute Gasteiger partial charge is 0.191 e. The Balaban J connectivity index is 2.41. The van der Waals surface area contributed by atoms with Gasteiger partial charge in [-0.25, -0.2) is 0 Å². The van der Waals surface area contributed by atoms with E-state index >= 15 is 0 Å². The van der Waals surface area contributed by atoms with Crippen LogP contribution in [0, 0.1) is 13.8 Å². The summed E-state index contributed by atoms with van der Waals surface area (Å²) in [5.41, 5.74) is 8.08. The van der Waals surface area contributed by atoms with Gasteiger partial charge in [-0.15, -0.1) is 0 Å². The fourth-order valence-corrected chi connectivity index (χ4v) is 1.96. The summed E-state index contributed by atoms with van der Waals surface area (Å²) in [5, 5.41) is 3.94. The van der Waals surface area contributed by atoms with Crippen LogP contribution in [0.3, 0.4) is 0 Å². The number of rotatable bonds is 6. The molecule has 1 aromatic rings. The molecule has 18 heavy (non-hydrogen) atoms. The molecule has 0 saturated heterocycles. The Bertz CT molecular complexity index is 374. The maximum atomic E-state index is 5.90. The summed E-state index contributed by atoms with van der Waals surface area (Å²) in [4.78, 5) is 6.45. The van der Waals surface area contributed by atoms with Gasteiger partial charge in [0.05, 0.1) is 5.69 Å². The Kier molecular flexibility index (Phi) is 5.68. The molecule has 0 aromatic carbocycles. The van der Waals surface area contributed by atoms with Crippen molar-refractivity contribution in [3.8, 4) is 0 Å². The molecule has 0 fully saturated rings. The molecular weight excluding hydrogens is 228 g/mol. The molecule has 0 atom stereocenters. The van der Waals surface area contributed by atoms with Gasteiger partial charge in [0.25, 0.3) is 0 Å². The van der Waals surface area contributed by atoms with E-state index in [0.717, 1.165) is 43.9 Å². The van der Waals surface area contributed by atoms with Gasteiger partial charge in [-0.2, -0.15) is 0 Å². The van der Waals surface area contributed by atoms with Gasteiger partial charge in [-0.3, -0.25) is 4.99 Å². The van der Waals surface area contributed by atoms with Crippen LogP contribution in [-0.2, 0) is 6.42 Å². The first-order valence-corrected chi connectivity index (χ1v) is 6.56. The molecule has 1 heterocycles. The van der Waals surface area contributed by atoms with Crippen LogP contribution in [-0.4, -0.2) is 35.7 Å². The third kappa shape index (κ3) is 3.75. The Labute approximate surface area is 109 Å². The summed E-state index contributed by atoms with van der Waals surface area (Å²) in [6.45, 7) is 10.6. The van der Waals surface area contributed by atoms with Gasteiger partial charge in [-0.1, -0.05) is 5.16 Å². The molecule has 0 aliphatic carbocycles. The first-order valence-electron chi connectivity index (χ1n) is 6.56. The summed E-state index contributed by atoms with van der Waals surface area (Å²) in [6, 6.07) is 0. The van der Waals surface area contributed by atoms with Gasteiger partial charge >= 0.3 is 0 Å². The Morgan fingerprint density at radius 3 is 2.50 bits per heavy atom. The van der Waals surface area contributed by atoms with Gasteiger partial charge in [-0.05, 0) is 40.5 Å². The second-order valence-corrected chi connectivity index (χ2v) is 4.32. The highest BCUT2D eigenvalue weighted by molar-refractivity contribution is 5.77. The van der Waals surface area contributed by atoms with Gasteiger partial charge in [0.15, 0.2) is 5.96 Å². The van der Waals surface area contributed by atoms with E-state index in [1.807, 2.05) is 13.8 Å². The molecule has 102 valence electrons. The minimum atomic E-state index is 0.638. The highest BCUT2D eigenvalue weighted by atomic mass is 16.5. The Morgan fingerprint density at radius 2 is 2.00 bits per heavy atom. The van der Waals surface area contributed by atoms with E-state index in [-0.39, 0.29) is 0 Å². The minimum Gasteiger partial charge on any atom is -0.370 e. The molecule has 0 amide bonds. The van der Waals surface area contributed by atoms with Crippen LogP contribution >= 0.6 is 0 Å². The van der Waals surface area contributed by atoms with Crippen molar-refractivity contribution in [2.75, 3.05) is 19.6 Å². The average Bonchev–Trinajstić information content (AvgIpc) is 2.67. The molecular formula is C13H24N4O. The number of nitrogens with two attached hydrogens (primary N) is 1. The average molecular weight is 252 g/mol. The van der Waals surface area contributed by atoms with Crippen LogP contribution in [0.2, 0.25) is 0 Å². The van der Waals surface area contributed by atoms with E-state index < -0.39 is 0 Å². The zero-order valence-corrected chi connectivity index (χ0v) is 11.9. The summed E-state index contributed by atoms with van der Waals surface area (Å²) in [7, 11) is 0. The molecule has 5 heteroatoms. The van der Waals surface area contributed by atoms with Crippen LogP contribution in [0.25, 0.3) is 0 Å². The summed E-state index contributed by atoms with van der Waals surface area (Å²) >= 11 is 0. The summed E-state index contributed by atoms with van der Waals surface area (Å²) < 4.78 is 5.13. The number of hydrogen-bond donors (Lipinski definition) is 1. The van der Waals surface area contributed by atoms with E-state index in [1.165, 1.54) is 5.56 Å². The van der Waals surface area contributed by atoms with Crippen molar-refractivity contribution >= 4 is 5.96 Å². The number of aromatic nitrogens is 1. The van der Waals surface area contributed by atoms with Crippen molar-refractivity contribution in [2.24, 2.45) is 10.7 Å². The van der Waals surface area contributed by atoms with Crippen molar-refractivity contribution in [2.45, 2.75) is 40.5 Å². The lowest BCUT2D eigenvalue weighted by Crippen LogP contribution is -2.37. The third-order valence-electron chi connectivity index (χ3n) is 3.13. The molecule has 0 aliphatic rings. The molecule has 5 nitrogen and oxygen atoms in total. The minimum absolute atomic E-state index is 0.638. The van der Waals surface area contributed by atoms with E-state index in [0.29, 0.717) is 5.96 Å². The van der Waals surface area contributed by atoms with Gasteiger partial charge in [0.2, 0.25) is 0 Å². The monoisotopic (exact) mass is 252 g/mol. The molecule has 1 rings (SSSR count). The molecule has 0 aliphatic heterocycles. The fraction of sp³-hybridized carbons (Fsp3) is 0.692. The largest absolute Gasteiger partial charge is 0.370 e. The predicted octanol–water partition coefficient (Wildman–Crippen LogP) is 1.88. The first kappa shape index (κ1) is 14.5. The number of nitrogens with zero attached hydrogens (tertiary/aromatic N) is 3. The number of aliphatic imine (C=N–C) groups is 1. The summed E-state index contributed by atoms with van der Waals surface area (Å²) in [5.74, 6) is 1.55. The van der Waals surface area contributed by atoms with Gasteiger partial charge < -0.3 is 15.2 Å². The molecule has 1 aromatic heterocycles.